The predicted octanol–water partition coefficient (Wildman–Crippen LogP) is 3.95. The van der Waals surface area contributed by atoms with Gasteiger partial charge in [0, 0.05) is 37.3 Å². The van der Waals surface area contributed by atoms with Crippen LogP contribution < -0.4 is 9.80 Å². The van der Waals surface area contributed by atoms with Gasteiger partial charge >= 0.3 is 0 Å². The fourth-order valence-corrected chi connectivity index (χ4v) is 5.82. The number of hydrogen-bond acceptors (Lipinski definition) is 7. The largest absolute Gasteiger partial charge is 0.372 e. The molecular weight excluding hydrogens is 436 g/mol. The number of fused-ring (bicyclic) bond motifs is 3. The summed E-state index contributed by atoms with van der Waals surface area (Å²) in [5.74, 6) is 0.758. The molecule has 0 radical (unpaired) electrons. The van der Waals surface area contributed by atoms with Crippen LogP contribution in [0.2, 0.25) is 0 Å². The van der Waals surface area contributed by atoms with Gasteiger partial charge in [0.2, 0.25) is 14.9 Å². The summed E-state index contributed by atoms with van der Waals surface area (Å²) in [5.41, 5.74) is 2.21. The van der Waals surface area contributed by atoms with Crippen molar-refractivity contribution in [2.45, 2.75) is 43.0 Å². The van der Waals surface area contributed by atoms with E-state index in [0.717, 1.165) is 48.6 Å². The topological polar surface area (TPSA) is 83.7 Å². The molecule has 5 rings (SSSR count). The van der Waals surface area contributed by atoms with Crippen LogP contribution >= 0.6 is 0 Å². The second-order valence-electron chi connectivity index (χ2n) is 8.30. The minimum Gasteiger partial charge on any atom is -0.372 e. The van der Waals surface area contributed by atoms with Crippen molar-refractivity contribution < 1.29 is 8.42 Å². The molecule has 1 fully saturated rings. The predicted molar refractivity (Wildman–Crippen MR) is 130 cm³/mol. The first-order chi connectivity index (χ1) is 16.0. The Balaban J connectivity index is 1.75. The lowest BCUT2D eigenvalue weighted by atomic mass is 10.1. The molecule has 0 bridgehead atoms. The molecule has 3 heterocycles. The lowest BCUT2D eigenvalue weighted by Crippen LogP contribution is -2.29. The maximum absolute atomic E-state index is 13.3. The zero-order valence-electron chi connectivity index (χ0n) is 19.0. The molecule has 0 aliphatic carbocycles. The Morgan fingerprint density at radius 1 is 0.970 bits per heavy atom. The van der Waals surface area contributed by atoms with E-state index < -0.39 is 9.84 Å². The van der Waals surface area contributed by atoms with Crippen molar-refractivity contribution in [1.82, 2.24) is 19.8 Å². The van der Waals surface area contributed by atoms with Crippen molar-refractivity contribution in [3.63, 3.8) is 0 Å². The number of piperidine rings is 1. The van der Waals surface area contributed by atoms with Gasteiger partial charge in [0.15, 0.2) is 5.65 Å². The Morgan fingerprint density at radius 3 is 2.39 bits per heavy atom. The van der Waals surface area contributed by atoms with E-state index in [2.05, 4.69) is 46.1 Å². The normalized spacial score (nSPS) is 14.8. The van der Waals surface area contributed by atoms with Gasteiger partial charge in [0.05, 0.1) is 10.4 Å². The fourth-order valence-electron chi connectivity index (χ4n) is 4.57. The Labute approximate surface area is 193 Å². The zero-order chi connectivity index (χ0) is 23.0. The lowest BCUT2D eigenvalue weighted by Gasteiger charge is -2.29. The Morgan fingerprint density at radius 2 is 1.70 bits per heavy atom. The highest BCUT2D eigenvalue weighted by Crippen LogP contribution is 2.33. The number of rotatable bonds is 6. The van der Waals surface area contributed by atoms with Crippen LogP contribution in [-0.2, 0) is 9.84 Å². The monoisotopic (exact) mass is 464 g/mol. The molecular formula is C24H28N6O2S. The van der Waals surface area contributed by atoms with Crippen LogP contribution in [0.15, 0.2) is 58.5 Å². The minimum absolute atomic E-state index is 0.121. The summed E-state index contributed by atoms with van der Waals surface area (Å²) < 4.78 is 28.3. The number of hydrogen-bond donors (Lipinski definition) is 0. The molecule has 33 heavy (non-hydrogen) atoms. The van der Waals surface area contributed by atoms with E-state index in [1.807, 2.05) is 6.07 Å². The maximum atomic E-state index is 13.3. The highest BCUT2D eigenvalue weighted by atomic mass is 32.2. The summed E-state index contributed by atoms with van der Waals surface area (Å²) in [6.07, 6.45) is 3.67. The Bertz CT molecular complexity index is 1390. The van der Waals surface area contributed by atoms with E-state index in [4.69, 9.17) is 4.98 Å². The smallest absolute Gasteiger partial charge is 0.229 e. The van der Waals surface area contributed by atoms with Crippen LogP contribution in [0.5, 0.6) is 0 Å². The summed E-state index contributed by atoms with van der Waals surface area (Å²) in [4.78, 5) is 9.58. The van der Waals surface area contributed by atoms with Crippen LogP contribution in [0, 0.1) is 0 Å². The van der Waals surface area contributed by atoms with Crippen molar-refractivity contribution in [2.24, 2.45) is 0 Å². The molecule has 2 aromatic carbocycles. The van der Waals surface area contributed by atoms with E-state index >= 15 is 0 Å². The molecule has 4 aromatic rings. The first-order valence-electron chi connectivity index (χ1n) is 11.5. The molecule has 0 spiro atoms. The summed E-state index contributed by atoms with van der Waals surface area (Å²) >= 11 is 0. The summed E-state index contributed by atoms with van der Waals surface area (Å²) in [5, 5.41) is 9.14. The van der Waals surface area contributed by atoms with Gasteiger partial charge < -0.3 is 9.80 Å². The van der Waals surface area contributed by atoms with Gasteiger partial charge in [-0.1, -0.05) is 23.4 Å². The van der Waals surface area contributed by atoms with Crippen LogP contribution in [0.4, 0.5) is 11.5 Å². The van der Waals surface area contributed by atoms with Gasteiger partial charge in [-0.25, -0.2) is 13.4 Å². The minimum atomic E-state index is -3.86. The third kappa shape index (κ3) is 3.70. The molecule has 9 heteroatoms. The standard InChI is InChI=1S/C24H28N6O2S/c1-3-28(4-2)22-20-17-18(29-15-9-6-10-16-29)13-14-21(20)30-23(25-22)24(26-27-30)33(31,32)19-11-7-5-8-12-19/h5,7-8,11-14,17H,3-4,6,9-10,15-16H2,1-2H3. The quantitative estimate of drug-likeness (QED) is 0.427. The molecule has 0 unspecified atom stereocenters. The molecule has 0 N–H and O–H groups in total. The summed E-state index contributed by atoms with van der Waals surface area (Å²) in [6, 6.07) is 14.6. The first-order valence-corrected chi connectivity index (χ1v) is 13.0. The van der Waals surface area contributed by atoms with E-state index in [-0.39, 0.29) is 15.6 Å². The van der Waals surface area contributed by atoms with Crippen LogP contribution in [-0.4, -0.2) is 54.4 Å². The van der Waals surface area contributed by atoms with Crippen LogP contribution in [0.3, 0.4) is 0 Å². The van der Waals surface area contributed by atoms with Gasteiger partial charge in [-0.15, -0.1) is 5.10 Å². The van der Waals surface area contributed by atoms with Gasteiger partial charge in [-0.2, -0.15) is 4.52 Å². The number of anilines is 2. The van der Waals surface area contributed by atoms with Gasteiger partial charge in [0.25, 0.3) is 0 Å². The second kappa shape index (κ2) is 8.62. The molecule has 0 amide bonds. The van der Waals surface area contributed by atoms with Crippen molar-refractivity contribution in [3.05, 3.63) is 48.5 Å². The van der Waals surface area contributed by atoms with E-state index in [9.17, 15) is 8.42 Å². The molecule has 0 saturated carbocycles. The summed E-state index contributed by atoms with van der Waals surface area (Å²) in [7, 11) is -3.86. The van der Waals surface area contributed by atoms with Crippen LogP contribution in [0.25, 0.3) is 16.6 Å². The summed E-state index contributed by atoms with van der Waals surface area (Å²) in [6.45, 7) is 7.75. The molecule has 0 atom stereocenters. The van der Waals surface area contributed by atoms with Crippen molar-refractivity contribution in [3.8, 4) is 0 Å². The lowest BCUT2D eigenvalue weighted by molar-refractivity contribution is 0.578. The maximum Gasteiger partial charge on any atom is 0.229 e. The molecule has 2 aromatic heterocycles. The number of benzene rings is 2. The fraction of sp³-hybridized carbons (Fsp3) is 0.375. The van der Waals surface area contributed by atoms with E-state index in [1.54, 1.807) is 34.8 Å². The SMILES string of the molecule is CCN(CC)c1nc2c(S(=O)(=O)c3ccccc3)nnn2c2ccc(N3CCCCC3)cc12. The van der Waals surface area contributed by atoms with Crippen molar-refractivity contribution >= 4 is 37.9 Å². The third-order valence-corrected chi connectivity index (χ3v) is 8.04. The highest BCUT2D eigenvalue weighted by Gasteiger charge is 2.28. The average Bonchev–Trinajstić information content (AvgIpc) is 3.30. The first kappa shape index (κ1) is 21.6. The van der Waals surface area contributed by atoms with Crippen molar-refractivity contribution in [1.29, 1.82) is 0 Å². The van der Waals surface area contributed by atoms with Gasteiger partial charge in [-0.3, -0.25) is 0 Å². The van der Waals surface area contributed by atoms with Crippen molar-refractivity contribution in [2.75, 3.05) is 36.0 Å². The third-order valence-electron chi connectivity index (χ3n) is 6.37. The number of sulfone groups is 1. The van der Waals surface area contributed by atoms with Gasteiger partial charge in [0.1, 0.15) is 5.82 Å². The Kier molecular flexibility index (Phi) is 5.65. The van der Waals surface area contributed by atoms with Gasteiger partial charge in [-0.05, 0) is 63.4 Å². The molecule has 1 aliphatic heterocycles. The Hall–Kier alpha value is -3.20. The molecule has 172 valence electrons. The average molecular weight is 465 g/mol. The molecule has 8 nitrogen and oxygen atoms in total. The molecule has 1 aliphatic rings. The van der Waals surface area contributed by atoms with E-state index in [1.165, 1.54) is 19.3 Å². The highest BCUT2D eigenvalue weighted by molar-refractivity contribution is 7.91. The molecule has 1 saturated heterocycles. The van der Waals surface area contributed by atoms with E-state index in [0.29, 0.717) is 0 Å². The number of nitrogens with zero attached hydrogens (tertiary/aromatic N) is 6. The van der Waals surface area contributed by atoms with Crippen LogP contribution in [0.1, 0.15) is 33.1 Å². The zero-order valence-corrected chi connectivity index (χ0v) is 19.8. The second-order valence-corrected chi connectivity index (χ2v) is 10.2. The number of aromatic nitrogens is 4.